The Labute approximate surface area is 117 Å². The van der Waals surface area contributed by atoms with Gasteiger partial charge in [-0.15, -0.1) is 0 Å². The monoisotopic (exact) mass is 266 g/mol. The van der Waals surface area contributed by atoms with Crippen LogP contribution in [-0.2, 0) is 0 Å². The van der Waals surface area contributed by atoms with Crippen LogP contribution in [0.5, 0.6) is 0 Å². The molecule has 3 rings (SSSR count). The van der Waals surface area contributed by atoms with E-state index in [4.69, 9.17) is 12.2 Å². The van der Waals surface area contributed by atoms with Crippen LogP contribution in [0.15, 0.2) is 60.8 Å². The number of benzene rings is 2. The van der Waals surface area contributed by atoms with Gasteiger partial charge in [-0.2, -0.15) is 0 Å². The van der Waals surface area contributed by atoms with Crippen LogP contribution in [0.1, 0.15) is 5.69 Å². The molecule has 0 spiro atoms. The van der Waals surface area contributed by atoms with Crippen LogP contribution >= 0.6 is 12.2 Å². The van der Waals surface area contributed by atoms with Gasteiger partial charge in [-0.05, 0) is 30.8 Å². The van der Waals surface area contributed by atoms with Crippen molar-refractivity contribution in [3.8, 4) is 16.8 Å². The van der Waals surface area contributed by atoms with Crippen LogP contribution in [0.2, 0.25) is 0 Å². The Morgan fingerprint density at radius 1 is 0.947 bits per heavy atom. The van der Waals surface area contributed by atoms with Gasteiger partial charge in [0.25, 0.3) is 0 Å². The summed E-state index contributed by atoms with van der Waals surface area (Å²) < 4.78 is 2.79. The summed E-state index contributed by atoms with van der Waals surface area (Å²) in [7, 11) is 0. The molecule has 94 valence electrons. The number of aromatic amines is 1. The quantitative estimate of drug-likeness (QED) is 0.677. The summed E-state index contributed by atoms with van der Waals surface area (Å²) in [6, 6.07) is 18.7. The zero-order valence-corrected chi connectivity index (χ0v) is 11.4. The molecule has 0 aliphatic rings. The zero-order valence-electron chi connectivity index (χ0n) is 10.6. The maximum Gasteiger partial charge on any atom is 0.182 e. The Kier molecular flexibility index (Phi) is 3.05. The van der Waals surface area contributed by atoms with Gasteiger partial charge in [0.05, 0.1) is 5.69 Å². The molecule has 3 aromatic rings. The zero-order chi connectivity index (χ0) is 13.2. The fourth-order valence-electron chi connectivity index (χ4n) is 2.29. The van der Waals surface area contributed by atoms with E-state index in [-0.39, 0.29) is 0 Å². The van der Waals surface area contributed by atoms with E-state index >= 15 is 0 Å². The number of hydrogen-bond acceptors (Lipinski definition) is 1. The highest BCUT2D eigenvalue weighted by atomic mass is 32.1. The van der Waals surface area contributed by atoms with Gasteiger partial charge in [-0.25, -0.2) is 0 Å². The highest BCUT2D eigenvalue weighted by Crippen LogP contribution is 2.27. The van der Waals surface area contributed by atoms with E-state index in [9.17, 15) is 0 Å². The van der Waals surface area contributed by atoms with Crippen LogP contribution in [0.25, 0.3) is 16.8 Å². The summed E-state index contributed by atoms with van der Waals surface area (Å²) in [5.41, 5.74) is 4.59. The van der Waals surface area contributed by atoms with Crippen LogP contribution < -0.4 is 0 Å². The third-order valence-electron chi connectivity index (χ3n) is 3.19. The van der Waals surface area contributed by atoms with Crippen molar-refractivity contribution in [2.24, 2.45) is 0 Å². The summed E-state index contributed by atoms with van der Waals surface area (Å²) in [5.74, 6) is 0. The minimum Gasteiger partial charge on any atom is -0.337 e. The third-order valence-corrected chi connectivity index (χ3v) is 3.49. The molecule has 2 aromatic carbocycles. The minimum atomic E-state index is 0.723. The van der Waals surface area contributed by atoms with Gasteiger partial charge in [-0.1, -0.05) is 48.5 Å². The summed E-state index contributed by atoms with van der Waals surface area (Å²) in [5, 5.41) is 0. The van der Waals surface area contributed by atoms with E-state index in [1.54, 1.807) is 0 Å². The number of rotatable bonds is 2. The molecule has 0 atom stereocenters. The SMILES string of the molecule is Cc1c[nH]c(=S)n1-c1ccccc1-c1ccccc1. The Bertz CT molecular complexity index is 754. The molecule has 0 aliphatic heterocycles. The minimum absolute atomic E-state index is 0.723. The van der Waals surface area contributed by atoms with Crippen molar-refractivity contribution in [2.75, 3.05) is 0 Å². The van der Waals surface area contributed by atoms with Gasteiger partial charge in [0.2, 0.25) is 0 Å². The van der Waals surface area contributed by atoms with E-state index in [1.165, 1.54) is 11.1 Å². The summed E-state index contributed by atoms with van der Waals surface area (Å²) in [6.45, 7) is 2.05. The van der Waals surface area contributed by atoms with Crippen LogP contribution in [0.3, 0.4) is 0 Å². The van der Waals surface area contributed by atoms with Gasteiger partial charge in [0.15, 0.2) is 4.77 Å². The van der Waals surface area contributed by atoms with Crippen molar-refractivity contribution in [3.63, 3.8) is 0 Å². The average Bonchev–Trinajstić information content (AvgIpc) is 2.79. The molecular formula is C16H14N2S. The molecule has 1 heterocycles. The van der Waals surface area contributed by atoms with Crippen molar-refractivity contribution < 1.29 is 0 Å². The van der Waals surface area contributed by atoms with Crippen molar-refractivity contribution in [1.82, 2.24) is 9.55 Å². The Morgan fingerprint density at radius 3 is 2.32 bits per heavy atom. The predicted molar refractivity (Wildman–Crippen MR) is 81.1 cm³/mol. The lowest BCUT2D eigenvalue weighted by Crippen LogP contribution is -1.99. The number of aromatic nitrogens is 2. The molecule has 0 amide bonds. The maximum absolute atomic E-state index is 5.37. The number of aryl methyl sites for hydroxylation is 1. The van der Waals surface area contributed by atoms with Crippen LogP contribution in [0, 0.1) is 11.7 Å². The molecule has 0 radical (unpaired) electrons. The maximum atomic E-state index is 5.37. The van der Waals surface area contributed by atoms with Gasteiger partial charge in [0.1, 0.15) is 0 Å². The summed E-state index contributed by atoms with van der Waals surface area (Å²) >= 11 is 5.37. The van der Waals surface area contributed by atoms with Crippen molar-refractivity contribution in [2.45, 2.75) is 6.92 Å². The highest BCUT2D eigenvalue weighted by Gasteiger charge is 2.08. The first-order valence-electron chi connectivity index (χ1n) is 6.19. The predicted octanol–water partition coefficient (Wildman–Crippen LogP) is 4.51. The Morgan fingerprint density at radius 2 is 1.63 bits per heavy atom. The van der Waals surface area contributed by atoms with Crippen molar-refractivity contribution >= 4 is 12.2 Å². The standard InChI is InChI=1S/C16H14N2S/c1-12-11-17-16(19)18(12)15-10-6-5-9-14(15)13-7-3-2-4-8-13/h2-11H,1H3,(H,17,19). The molecule has 19 heavy (non-hydrogen) atoms. The Balaban J connectivity index is 2.27. The summed E-state index contributed by atoms with van der Waals surface area (Å²) in [6.07, 6.45) is 1.93. The van der Waals surface area contributed by atoms with E-state index in [2.05, 4.69) is 52.0 Å². The van der Waals surface area contributed by atoms with Crippen molar-refractivity contribution in [1.29, 1.82) is 0 Å². The average molecular weight is 266 g/mol. The van der Waals surface area contributed by atoms with Crippen molar-refractivity contribution in [3.05, 3.63) is 71.3 Å². The lowest BCUT2D eigenvalue weighted by Gasteiger charge is -2.12. The topological polar surface area (TPSA) is 20.7 Å². The second kappa shape index (κ2) is 4.86. The molecular weight excluding hydrogens is 252 g/mol. The lowest BCUT2D eigenvalue weighted by atomic mass is 10.0. The smallest absolute Gasteiger partial charge is 0.182 e. The van der Waals surface area contributed by atoms with Gasteiger partial charge >= 0.3 is 0 Å². The molecule has 2 nitrogen and oxygen atoms in total. The number of imidazole rings is 1. The molecule has 1 aromatic heterocycles. The number of nitrogens with one attached hydrogen (secondary N) is 1. The molecule has 0 bridgehead atoms. The Hall–Kier alpha value is -2.13. The number of H-pyrrole nitrogens is 1. The first-order chi connectivity index (χ1) is 9.27. The second-order valence-corrected chi connectivity index (χ2v) is 4.84. The fourth-order valence-corrected chi connectivity index (χ4v) is 2.59. The first kappa shape index (κ1) is 11.9. The number of nitrogens with zero attached hydrogens (tertiary/aromatic N) is 1. The lowest BCUT2D eigenvalue weighted by molar-refractivity contribution is 0.987. The molecule has 3 heteroatoms. The second-order valence-electron chi connectivity index (χ2n) is 4.45. The van der Waals surface area contributed by atoms with Crippen LogP contribution in [-0.4, -0.2) is 9.55 Å². The van der Waals surface area contributed by atoms with E-state index in [1.807, 2.05) is 25.3 Å². The van der Waals surface area contributed by atoms with Gasteiger partial charge in [-0.3, -0.25) is 4.57 Å². The molecule has 0 fully saturated rings. The molecule has 0 saturated heterocycles. The van der Waals surface area contributed by atoms with Gasteiger partial charge in [0, 0.05) is 17.5 Å². The highest BCUT2D eigenvalue weighted by molar-refractivity contribution is 7.71. The fraction of sp³-hybridized carbons (Fsp3) is 0.0625. The van der Waals surface area contributed by atoms with E-state index in [0.717, 1.165) is 16.2 Å². The van der Waals surface area contributed by atoms with Gasteiger partial charge < -0.3 is 4.98 Å². The molecule has 0 aliphatic carbocycles. The normalized spacial score (nSPS) is 10.6. The third kappa shape index (κ3) is 2.13. The van der Waals surface area contributed by atoms with E-state index in [0.29, 0.717) is 0 Å². The number of para-hydroxylation sites is 1. The molecule has 1 N–H and O–H groups in total. The summed E-state index contributed by atoms with van der Waals surface area (Å²) in [4.78, 5) is 3.09. The molecule has 0 unspecified atom stereocenters. The van der Waals surface area contributed by atoms with E-state index < -0.39 is 0 Å². The van der Waals surface area contributed by atoms with Crippen LogP contribution in [0.4, 0.5) is 0 Å². The molecule has 0 saturated carbocycles. The number of hydrogen-bond donors (Lipinski definition) is 1. The largest absolute Gasteiger partial charge is 0.337 e. The first-order valence-corrected chi connectivity index (χ1v) is 6.60.